The van der Waals surface area contributed by atoms with E-state index in [4.69, 9.17) is 25.4 Å². The number of terminal acetylenes is 1. The number of nitrogens with zero attached hydrogens (tertiary/aromatic N) is 11. The Balaban J connectivity index is 0.000000235. The lowest BCUT2D eigenvalue weighted by molar-refractivity contribution is -0.143. The first-order chi connectivity index (χ1) is 69.9. The first kappa shape index (κ1) is 133. The summed E-state index contributed by atoms with van der Waals surface area (Å²) < 4.78 is 24.0. The molecule has 17 nitrogen and oxygen atoms in total. The van der Waals surface area contributed by atoms with E-state index >= 15 is 0 Å². The standard InChI is InChI=1S/C26H48N2O2.C21H36N2O.C21H39NO2.C16H31N.C15H25N3.C13H21NO.C10H21N.C7H16.C3H8/c1-25(2,3)19-21-9-12-27(13-10-21)23-17-22(18-23)24(29)28-14-7-20(8-15-28)11-16-30-26(4,5)6;1-5-17-14-20(15-17)24-19-8-10-22(11-9-19)16-18-6-12-23(13-7-18)21(2,3)4;1-20(2,3)15-17-13-18(14-17)19(23)22-10-7-16(8-11-22)9-12-24-21(4,5)6;1-5-14-9-15(10-14)11-17-8-7-16(6-2)12(3)13(17)4;1-4-17-7-9-18(10-8-17)12-15-6-5-14(11-16-15)13(2)3;1-3-4-11-9-13(10-11)15-12-5-7-14(2)8-6-12;1-9-5-7-11(8-6-9)10(2,3)4;1-6(2)7(3,4)5;1-3-2/h20-23H,7-19H2,1-6H3;1,17-20H,6-16H2,2-4H3;16-18H,7-15H2,1-6H3;12-16H,5-11H2,1-4H3;5-6,11,13H,4,7-10,12H2,1-3H3;11-13H,5-10H2,1-2H3;9H,5-8H2,1-4H3;6H,1-5H3;3H2,1-2H3. The number of carbonyl (C=O) groups excluding carboxylic acids is 2. The molecule has 14 fully saturated rings. The summed E-state index contributed by atoms with van der Waals surface area (Å²) in [6, 6.07) is 5.88. The van der Waals surface area contributed by atoms with Gasteiger partial charge in [0.25, 0.3) is 0 Å². The van der Waals surface area contributed by atoms with E-state index in [-0.39, 0.29) is 11.2 Å². The number of pyridine rings is 1. The smallest absolute Gasteiger partial charge is 0.225 e. The van der Waals surface area contributed by atoms with Crippen molar-refractivity contribution in [2.75, 3.05) is 164 Å². The van der Waals surface area contributed by atoms with Crippen LogP contribution in [0.2, 0.25) is 0 Å². The summed E-state index contributed by atoms with van der Waals surface area (Å²) in [6.45, 7) is 106. The second kappa shape index (κ2) is 64.8. The number of piperidine rings is 8. The second-order valence-corrected chi connectivity index (χ2v) is 58.1. The molecule has 15 rings (SSSR count). The van der Waals surface area contributed by atoms with Gasteiger partial charge in [0.1, 0.15) is 0 Å². The highest BCUT2D eigenvalue weighted by Gasteiger charge is 2.45. The van der Waals surface area contributed by atoms with Gasteiger partial charge in [-0.05, 0) is 441 Å². The van der Waals surface area contributed by atoms with Crippen LogP contribution in [-0.2, 0) is 35.1 Å². The number of carbonyl (C=O) groups is 2. The quantitative estimate of drug-likeness (QED) is 0.0864. The van der Waals surface area contributed by atoms with Gasteiger partial charge in [0.15, 0.2) is 0 Å². The van der Waals surface area contributed by atoms with E-state index in [0.29, 0.717) is 99.2 Å². The lowest BCUT2D eigenvalue weighted by Crippen LogP contribution is -2.53. The summed E-state index contributed by atoms with van der Waals surface area (Å²) in [7, 11) is 2.19. The fraction of sp³-hybridized carbons (Fsp3) is 0.917. The van der Waals surface area contributed by atoms with Gasteiger partial charge in [-0.1, -0.05) is 164 Å². The molecule has 3 unspecified atom stereocenters. The van der Waals surface area contributed by atoms with Gasteiger partial charge in [0, 0.05) is 164 Å². The second-order valence-electron chi connectivity index (χ2n) is 58.1. The van der Waals surface area contributed by atoms with Gasteiger partial charge in [-0.3, -0.25) is 29.3 Å². The zero-order valence-electron chi connectivity index (χ0n) is 105. The summed E-state index contributed by atoms with van der Waals surface area (Å²) in [5.74, 6) is 21.9. The van der Waals surface area contributed by atoms with Crippen LogP contribution in [0.3, 0.4) is 0 Å². The number of hydrogen-bond acceptors (Lipinski definition) is 15. The van der Waals surface area contributed by atoms with E-state index in [1.165, 1.54) is 245 Å². The van der Waals surface area contributed by atoms with Gasteiger partial charge in [-0.25, -0.2) is 0 Å². The number of aromatic nitrogens is 1. The van der Waals surface area contributed by atoms with Gasteiger partial charge in [-0.15, -0.1) is 24.2 Å². The van der Waals surface area contributed by atoms with Crippen LogP contribution in [-0.4, -0.2) is 289 Å². The van der Waals surface area contributed by atoms with E-state index in [1.807, 2.05) is 13.1 Å². The molecule has 17 heteroatoms. The zero-order chi connectivity index (χ0) is 110. The molecule has 2 amide bonds. The number of likely N-dealkylation sites (N-methyl/N-ethyl adjacent to an activating group) is 1. The largest absolute Gasteiger partial charge is 0.376 e. The van der Waals surface area contributed by atoms with Gasteiger partial charge < -0.3 is 53.2 Å². The molecule has 5 saturated carbocycles. The van der Waals surface area contributed by atoms with Gasteiger partial charge >= 0.3 is 0 Å². The van der Waals surface area contributed by atoms with Crippen LogP contribution in [0.1, 0.15) is 458 Å². The first-order valence-electron chi connectivity index (χ1n) is 62.8. The fourth-order valence-electron chi connectivity index (χ4n) is 24.9. The van der Waals surface area contributed by atoms with Crippen molar-refractivity contribution in [2.24, 2.45) is 105 Å². The van der Waals surface area contributed by atoms with Crippen molar-refractivity contribution in [3.05, 3.63) is 29.6 Å². The number of likely N-dealkylation sites (tertiary alicyclic amines) is 8. The van der Waals surface area contributed by atoms with E-state index in [1.54, 1.807) is 0 Å². The topological polar surface area (TPSA) is 116 Å². The number of piperazine rings is 1. The highest BCUT2D eigenvalue weighted by Crippen LogP contribution is 2.46. The van der Waals surface area contributed by atoms with Crippen molar-refractivity contribution in [1.82, 2.24) is 54.0 Å². The Morgan fingerprint density at radius 3 is 1.29 bits per heavy atom. The van der Waals surface area contributed by atoms with Crippen molar-refractivity contribution in [1.29, 1.82) is 0 Å². The van der Waals surface area contributed by atoms with Crippen molar-refractivity contribution >= 4 is 11.8 Å². The Morgan fingerprint density at radius 1 is 0.443 bits per heavy atom. The molecule has 10 heterocycles. The van der Waals surface area contributed by atoms with E-state index in [2.05, 4.69) is 319 Å². The van der Waals surface area contributed by atoms with Crippen LogP contribution >= 0.6 is 0 Å². The summed E-state index contributed by atoms with van der Waals surface area (Å²) in [5, 5.41) is 0. The zero-order valence-corrected chi connectivity index (χ0v) is 105. The van der Waals surface area contributed by atoms with Crippen LogP contribution in [0.25, 0.3) is 0 Å². The highest BCUT2D eigenvalue weighted by atomic mass is 16.5. The molecule has 0 spiro atoms. The van der Waals surface area contributed by atoms with E-state index in [9.17, 15) is 9.59 Å². The Labute approximate surface area is 923 Å². The van der Waals surface area contributed by atoms with Crippen molar-refractivity contribution in [2.45, 2.75) is 512 Å². The van der Waals surface area contributed by atoms with Crippen LogP contribution < -0.4 is 0 Å². The molecular weight excluding hydrogens is 1840 g/mol. The molecule has 1 aromatic rings. The van der Waals surface area contributed by atoms with Crippen molar-refractivity contribution in [3.63, 3.8) is 0 Å². The monoisotopic (exact) mass is 2080 g/mol. The molecule has 0 bridgehead atoms. The number of ether oxygens (including phenoxy) is 4. The minimum Gasteiger partial charge on any atom is -0.376 e. The lowest BCUT2D eigenvalue weighted by Gasteiger charge is -2.47. The average Bonchev–Trinajstić information content (AvgIpc) is 0.794. The SMILES string of the molecule is C#CC1CC(OC2CCN(CC3CCN(C(C)(C)C)CC3)CC2)C1.CC#CC1CC(OC2CCN(C)CC2)C1.CC(C)(C)CC1CC(C(=O)N2CCC(CCOC(C)(C)C)CC2)C1.CC(C)(C)CC1CCN(C2CC(C(=O)N3CCC(CCOC(C)(C)C)CC3)C2)CC1.CC(C)C(C)(C)C.CC1CCN(C(C)(C)C)CC1.CCC.CCC1CC(CN2CCC(CC)C(C)C2C)C1.CCN1CCN(Cc2ccc(C(C)C)cn2)CC1. The minimum absolute atomic E-state index is 0.0372. The third-order valence-electron chi connectivity index (χ3n) is 36.9. The van der Waals surface area contributed by atoms with Gasteiger partial charge in [-0.2, -0.15) is 0 Å². The molecule has 0 radical (unpaired) electrons. The Bertz CT molecular complexity index is 3800. The number of amides is 2. The van der Waals surface area contributed by atoms with Gasteiger partial charge in [0.2, 0.25) is 11.8 Å². The van der Waals surface area contributed by atoms with E-state index < -0.39 is 0 Å². The van der Waals surface area contributed by atoms with Crippen LogP contribution in [0, 0.1) is 129 Å². The molecular formula is C132H245N11O6. The predicted octanol–water partition coefficient (Wildman–Crippen LogP) is 28.7. The highest BCUT2D eigenvalue weighted by molar-refractivity contribution is 5.80. The lowest BCUT2D eigenvalue weighted by atomic mass is 9.68. The van der Waals surface area contributed by atoms with Crippen LogP contribution in [0.5, 0.6) is 0 Å². The van der Waals surface area contributed by atoms with Crippen LogP contribution in [0.15, 0.2) is 18.3 Å². The molecule has 5 aliphatic carbocycles. The van der Waals surface area contributed by atoms with Gasteiger partial charge in [0.05, 0.1) is 41.3 Å². The molecule has 149 heavy (non-hydrogen) atoms. The minimum atomic E-state index is -0.0424. The Hall–Kier alpha value is -3.27. The maximum absolute atomic E-state index is 13.0. The Kier molecular flexibility index (Phi) is 57.7. The molecule has 3 atom stereocenters. The summed E-state index contributed by atoms with van der Waals surface area (Å²) >= 11 is 0. The normalized spacial score (nSPS) is 27.9. The molecule has 9 saturated heterocycles. The third-order valence-corrected chi connectivity index (χ3v) is 36.9. The third kappa shape index (κ3) is 50.9. The molecule has 0 N–H and O–H groups in total. The maximum Gasteiger partial charge on any atom is 0.225 e. The van der Waals surface area contributed by atoms with Crippen molar-refractivity contribution in [3.8, 4) is 24.2 Å². The Morgan fingerprint density at radius 2 is 0.879 bits per heavy atom. The molecule has 14 aliphatic rings. The molecule has 0 aromatic carbocycles. The first-order valence-corrected chi connectivity index (χ1v) is 62.8. The summed E-state index contributed by atoms with van der Waals surface area (Å²) in [4.78, 5) is 55.3. The maximum atomic E-state index is 13.0. The number of hydrogen-bond donors (Lipinski definition) is 0. The van der Waals surface area contributed by atoms with Crippen LogP contribution in [0.4, 0.5) is 0 Å². The molecule has 1 aromatic heterocycles. The average molecular weight is 2080 g/mol. The molecule has 9 aliphatic heterocycles. The number of rotatable bonds is 25. The van der Waals surface area contributed by atoms with E-state index in [0.717, 1.165) is 207 Å². The summed E-state index contributed by atoms with van der Waals surface area (Å²) in [6.07, 6.45) is 49.3. The fourth-order valence-corrected chi connectivity index (χ4v) is 24.9. The molecule has 864 valence electrons. The summed E-state index contributed by atoms with van der Waals surface area (Å²) in [5.41, 5.74) is 4.52. The van der Waals surface area contributed by atoms with Crippen molar-refractivity contribution < 1.29 is 28.5 Å². The predicted molar refractivity (Wildman–Crippen MR) is 637 cm³/mol.